The summed E-state index contributed by atoms with van der Waals surface area (Å²) in [6.45, 7) is 1.39. The van der Waals surface area contributed by atoms with Crippen molar-refractivity contribution in [2.24, 2.45) is 5.16 Å². The molecule has 1 N–H and O–H groups in total. The summed E-state index contributed by atoms with van der Waals surface area (Å²) in [4.78, 5) is 31.9. The minimum absolute atomic E-state index is 0.131. The first-order valence-electron chi connectivity index (χ1n) is 6.01. The van der Waals surface area contributed by atoms with Gasteiger partial charge in [-0.1, -0.05) is 40.0 Å². The number of amides is 1. The van der Waals surface area contributed by atoms with Gasteiger partial charge in [0.1, 0.15) is 19.4 Å². The van der Waals surface area contributed by atoms with Crippen LogP contribution in [0.2, 0.25) is 0 Å². The monoisotopic (exact) mass is 403 g/mol. The van der Waals surface area contributed by atoms with Crippen molar-refractivity contribution in [3.05, 3.63) is 11.1 Å². The van der Waals surface area contributed by atoms with E-state index >= 15 is 0 Å². The fraction of sp³-hybridized carbons (Fsp3) is 0.455. The maximum absolute atomic E-state index is 11.8. The lowest BCUT2D eigenvalue weighted by atomic mass is 10.3. The molecule has 0 atom stereocenters. The van der Waals surface area contributed by atoms with E-state index in [1.807, 2.05) is 0 Å². The molecule has 0 saturated carbocycles. The molecule has 128 valence electrons. The minimum atomic E-state index is -1.71. The molecular formula is C11H12Cl3N3O5S. The van der Waals surface area contributed by atoms with Crippen LogP contribution in [0.1, 0.15) is 12.6 Å². The van der Waals surface area contributed by atoms with E-state index in [1.165, 1.54) is 12.5 Å². The molecule has 0 aliphatic heterocycles. The van der Waals surface area contributed by atoms with Gasteiger partial charge in [-0.05, 0) is 6.92 Å². The van der Waals surface area contributed by atoms with Crippen LogP contribution < -0.4 is 5.32 Å². The Bertz CT molecular complexity index is 588. The summed E-state index contributed by atoms with van der Waals surface area (Å²) in [5.74, 6) is -0.704. The Morgan fingerprint density at radius 3 is 2.65 bits per heavy atom. The van der Waals surface area contributed by atoms with Crippen LogP contribution >= 0.6 is 46.1 Å². The third kappa shape index (κ3) is 7.21. The Balaban J connectivity index is 2.74. The number of nitrogens with one attached hydrogen (secondary N) is 1. The second-order valence-electron chi connectivity index (χ2n) is 3.70. The number of nitrogens with zero attached hydrogens (tertiary/aromatic N) is 2. The molecule has 0 aliphatic carbocycles. The summed E-state index contributed by atoms with van der Waals surface area (Å²) in [6, 6.07) is 0. The number of ether oxygens (including phenoxy) is 2. The number of alkyl halides is 3. The predicted octanol–water partition coefficient (Wildman–Crippen LogP) is 2.98. The van der Waals surface area contributed by atoms with Gasteiger partial charge < -0.3 is 14.3 Å². The summed E-state index contributed by atoms with van der Waals surface area (Å²) in [5.41, 5.74) is 0.0419. The Morgan fingerprint density at radius 2 is 2.09 bits per heavy atom. The average Bonchev–Trinajstić information content (AvgIpc) is 2.90. The average molecular weight is 405 g/mol. The van der Waals surface area contributed by atoms with Crippen molar-refractivity contribution in [1.82, 2.24) is 4.98 Å². The van der Waals surface area contributed by atoms with E-state index in [0.717, 1.165) is 11.3 Å². The molecule has 1 heterocycles. The Morgan fingerprint density at radius 1 is 1.39 bits per heavy atom. The maximum Gasteiger partial charge on any atom is 0.413 e. The van der Waals surface area contributed by atoms with Gasteiger partial charge in [-0.2, -0.15) is 0 Å². The molecule has 0 fully saturated rings. The first kappa shape index (κ1) is 19.8. The molecule has 1 aromatic rings. The lowest BCUT2D eigenvalue weighted by Crippen LogP contribution is -2.22. The van der Waals surface area contributed by atoms with Gasteiger partial charge in [0.05, 0.1) is 6.61 Å². The van der Waals surface area contributed by atoms with Crippen molar-refractivity contribution >= 4 is 69.0 Å². The van der Waals surface area contributed by atoms with E-state index in [-0.39, 0.29) is 23.1 Å². The Hall–Kier alpha value is -1.29. The number of halogens is 3. The van der Waals surface area contributed by atoms with Crippen LogP contribution in [0.4, 0.5) is 9.93 Å². The highest BCUT2D eigenvalue weighted by atomic mass is 35.6. The van der Waals surface area contributed by atoms with Gasteiger partial charge in [-0.3, -0.25) is 5.32 Å². The van der Waals surface area contributed by atoms with E-state index in [1.54, 1.807) is 6.92 Å². The summed E-state index contributed by atoms with van der Waals surface area (Å²) in [5, 5.41) is 7.53. The zero-order valence-corrected chi connectivity index (χ0v) is 15.1. The molecule has 0 unspecified atom stereocenters. The molecule has 0 radical (unpaired) electrons. The van der Waals surface area contributed by atoms with Gasteiger partial charge in [0, 0.05) is 5.38 Å². The van der Waals surface area contributed by atoms with E-state index in [2.05, 4.69) is 25.0 Å². The second kappa shape index (κ2) is 9.11. The van der Waals surface area contributed by atoms with Gasteiger partial charge in [0.25, 0.3) is 0 Å². The third-order valence-electron chi connectivity index (χ3n) is 1.97. The number of thiazole rings is 1. The fourth-order valence-corrected chi connectivity index (χ4v) is 2.03. The zero-order chi connectivity index (χ0) is 17.5. The Kier molecular flexibility index (Phi) is 7.83. The lowest BCUT2D eigenvalue weighted by Gasteiger charge is -2.10. The number of hydrogen-bond acceptors (Lipinski definition) is 8. The van der Waals surface area contributed by atoms with Gasteiger partial charge in [-0.25, -0.2) is 14.6 Å². The lowest BCUT2D eigenvalue weighted by molar-refractivity contribution is -0.135. The topological polar surface area (TPSA) is 99.1 Å². The van der Waals surface area contributed by atoms with Crippen LogP contribution in [0.15, 0.2) is 10.5 Å². The second-order valence-corrected chi connectivity index (χ2v) is 7.07. The van der Waals surface area contributed by atoms with Crippen LogP contribution in [-0.4, -0.2) is 46.9 Å². The molecule has 12 heteroatoms. The molecule has 0 aromatic carbocycles. The SMILES string of the molecule is CCOC(=O)C(=NOC)c1csc(NC(=O)OCC(Cl)(Cl)Cl)n1. The Labute approximate surface area is 150 Å². The molecule has 1 aromatic heterocycles. The smallest absolute Gasteiger partial charge is 0.413 e. The van der Waals surface area contributed by atoms with Crippen molar-refractivity contribution in [3.8, 4) is 0 Å². The predicted molar refractivity (Wildman–Crippen MR) is 87.6 cm³/mol. The maximum atomic E-state index is 11.8. The highest BCUT2D eigenvalue weighted by Crippen LogP contribution is 2.26. The van der Waals surface area contributed by atoms with Crippen LogP contribution in [-0.2, 0) is 19.1 Å². The molecular weight excluding hydrogens is 393 g/mol. The summed E-state index contributed by atoms with van der Waals surface area (Å²) in [7, 11) is 1.28. The number of carbonyl (C=O) groups excluding carboxylic acids is 2. The number of carbonyl (C=O) groups is 2. The van der Waals surface area contributed by atoms with Crippen LogP contribution in [0.3, 0.4) is 0 Å². The molecule has 0 bridgehead atoms. The molecule has 1 amide bonds. The van der Waals surface area contributed by atoms with Gasteiger partial charge in [-0.15, -0.1) is 11.3 Å². The minimum Gasteiger partial charge on any atom is -0.461 e. The molecule has 1 rings (SSSR count). The summed E-state index contributed by atoms with van der Waals surface area (Å²) >= 11 is 17.4. The molecule has 0 aliphatic rings. The number of oxime groups is 1. The number of aromatic nitrogens is 1. The highest BCUT2D eigenvalue weighted by molar-refractivity contribution is 7.14. The number of hydrogen-bond donors (Lipinski definition) is 1. The van der Waals surface area contributed by atoms with Crippen molar-refractivity contribution in [1.29, 1.82) is 0 Å². The van der Waals surface area contributed by atoms with Crippen LogP contribution in [0.25, 0.3) is 0 Å². The highest BCUT2D eigenvalue weighted by Gasteiger charge is 2.23. The van der Waals surface area contributed by atoms with Crippen LogP contribution in [0.5, 0.6) is 0 Å². The van der Waals surface area contributed by atoms with Gasteiger partial charge in [0.2, 0.25) is 9.50 Å². The largest absolute Gasteiger partial charge is 0.461 e. The van der Waals surface area contributed by atoms with E-state index in [4.69, 9.17) is 39.5 Å². The molecule has 0 spiro atoms. The zero-order valence-electron chi connectivity index (χ0n) is 12.0. The van der Waals surface area contributed by atoms with E-state index < -0.39 is 22.5 Å². The number of anilines is 1. The van der Waals surface area contributed by atoms with Crippen LogP contribution in [0, 0.1) is 0 Å². The third-order valence-corrected chi connectivity index (χ3v) is 3.06. The van der Waals surface area contributed by atoms with Crippen molar-refractivity contribution in [2.45, 2.75) is 10.7 Å². The normalized spacial score (nSPS) is 11.8. The standard InChI is InChI=1S/C11H12Cl3N3O5S/c1-3-21-8(18)7(17-20-2)6-4-23-9(15-6)16-10(19)22-5-11(12,13)14/h4H,3,5H2,1-2H3,(H,15,16,19). The van der Waals surface area contributed by atoms with Crippen molar-refractivity contribution in [3.63, 3.8) is 0 Å². The molecule has 0 saturated heterocycles. The van der Waals surface area contributed by atoms with E-state index in [9.17, 15) is 9.59 Å². The number of rotatable bonds is 6. The molecule has 23 heavy (non-hydrogen) atoms. The molecule has 8 nitrogen and oxygen atoms in total. The van der Waals surface area contributed by atoms with Crippen molar-refractivity contribution < 1.29 is 23.9 Å². The van der Waals surface area contributed by atoms with Crippen molar-refractivity contribution in [2.75, 3.05) is 25.6 Å². The van der Waals surface area contributed by atoms with E-state index in [0.29, 0.717) is 0 Å². The van der Waals surface area contributed by atoms with Gasteiger partial charge >= 0.3 is 12.1 Å². The quantitative estimate of drug-likeness (QED) is 0.339. The summed E-state index contributed by atoms with van der Waals surface area (Å²) < 4.78 is 7.81. The van der Waals surface area contributed by atoms with Gasteiger partial charge in [0.15, 0.2) is 5.13 Å². The first-order chi connectivity index (χ1) is 10.8. The first-order valence-corrected chi connectivity index (χ1v) is 8.03. The summed E-state index contributed by atoms with van der Waals surface area (Å²) in [6.07, 6.45) is -0.862. The number of esters is 1. The fourth-order valence-electron chi connectivity index (χ4n) is 1.19.